The maximum atomic E-state index is 6.46. The van der Waals surface area contributed by atoms with Crippen LogP contribution in [0, 0.1) is 0 Å². The molecule has 2 aromatic heterocycles. The molecule has 1 unspecified atom stereocenters. The summed E-state index contributed by atoms with van der Waals surface area (Å²) in [7, 11) is 4.08. The van der Waals surface area contributed by atoms with Gasteiger partial charge in [-0.3, -0.25) is 0 Å². The normalized spacial score (nSPS) is 12.9. The van der Waals surface area contributed by atoms with Crippen LogP contribution in [-0.4, -0.2) is 34.9 Å². The Morgan fingerprint density at radius 2 is 1.82 bits per heavy atom. The van der Waals surface area contributed by atoms with Crippen molar-refractivity contribution in [2.75, 3.05) is 20.6 Å². The lowest BCUT2D eigenvalue weighted by Gasteiger charge is -2.18. The van der Waals surface area contributed by atoms with E-state index in [9.17, 15) is 0 Å². The molecule has 0 aliphatic carbocycles. The van der Waals surface area contributed by atoms with E-state index < -0.39 is 0 Å². The Morgan fingerprint density at radius 1 is 1.09 bits per heavy atom. The lowest BCUT2D eigenvalue weighted by atomic mass is 10.1. The Morgan fingerprint density at radius 3 is 2.55 bits per heavy atom. The third kappa shape index (κ3) is 3.03. The Balaban J connectivity index is 2.04. The second kappa shape index (κ2) is 6.30. The van der Waals surface area contributed by atoms with Gasteiger partial charge in [-0.15, -0.1) is 0 Å². The maximum absolute atomic E-state index is 6.46. The molecule has 2 N–H and O–H groups in total. The highest BCUT2D eigenvalue weighted by Gasteiger charge is 2.19. The molecule has 0 radical (unpaired) electrons. The predicted octanol–water partition coefficient (Wildman–Crippen LogP) is 2.49. The van der Waals surface area contributed by atoms with Gasteiger partial charge < -0.3 is 15.0 Å². The van der Waals surface area contributed by atoms with Gasteiger partial charge in [0.15, 0.2) is 0 Å². The number of likely N-dealkylation sites (N-methyl/N-ethyl adjacent to an activating group) is 1. The zero-order valence-electron chi connectivity index (χ0n) is 13.1. The van der Waals surface area contributed by atoms with Crippen LogP contribution in [0.1, 0.15) is 23.0 Å². The molecule has 3 rings (SSSR count). The van der Waals surface area contributed by atoms with Crippen molar-refractivity contribution < 1.29 is 0 Å². The largest absolute Gasteiger partial charge is 0.322 e. The average molecular weight is 294 g/mol. The second-order valence-corrected chi connectivity index (χ2v) is 5.90. The number of imidazole rings is 1. The van der Waals surface area contributed by atoms with E-state index in [1.165, 1.54) is 5.56 Å². The van der Waals surface area contributed by atoms with Crippen LogP contribution < -0.4 is 5.73 Å². The van der Waals surface area contributed by atoms with Crippen LogP contribution in [0.25, 0.3) is 5.65 Å². The molecule has 0 saturated carbocycles. The number of nitrogens with zero attached hydrogens (tertiary/aromatic N) is 3. The number of aromatic nitrogens is 2. The number of hydrogen-bond acceptors (Lipinski definition) is 3. The number of hydrogen-bond donors (Lipinski definition) is 1. The number of nitrogens with two attached hydrogens (primary N) is 1. The lowest BCUT2D eigenvalue weighted by molar-refractivity contribution is 0.372. The van der Waals surface area contributed by atoms with E-state index in [0.29, 0.717) is 0 Å². The fraction of sp³-hybridized carbons (Fsp3) is 0.278. The van der Waals surface area contributed by atoms with Crippen LogP contribution in [0.5, 0.6) is 0 Å². The summed E-state index contributed by atoms with van der Waals surface area (Å²) >= 11 is 0. The molecule has 114 valence electrons. The summed E-state index contributed by atoms with van der Waals surface area (Å²) in [5, 5.41) is 0. The monoisotopic (exact) mass is 294 g/mol. The van der Waals surface area contributed by atoms with Crippen LogP contribution in [0.3, 0.4) is 0 Å². The summed E-state index contributed by atoms with van der Waals surface area (Å²) in [4.78, 5) is 6.91. The fourth-order valence-corrected chi connectivity index (χ4v) is 2.86. The second-order valence-electron chi connectivity index (χ2n) is 5.90. The number of pyridine rings is 1. The minimum Gasteiger partial charge on any atom is -0.322 e. The average Bonchev–Trinajstić information content (AvgIpc) is 2.85. The van der Waals surface area contributed by atoms with Gasteiger partial charge in [0.25, 0.3) is 0 Å². The van der Waals surface area contributed by atoms with Gasteiger partial charge in [0, 0.05) is 19.2 Å². The van der Waals surface area contributed by atoms with Crippen LogP contribution in [0.4, 0.5) is 0 Å². The minimum absolute atomic E-state index is 0.0638. The molecular weight excluding hydrogens is 272 g/mol. The first-order valence-electron chi connectivity index (χ1n) is 7.55. The summed E-state index contributed by atoms with van der Waals surface area (Å²) in [5.41, 5.74) is 10.8. The molecule has 0 amide bonds. The smallest absolute Gasteiger partial charge is 0.137 e. The van der Waals surface area contributed by atoms with E-state index in [1.54, 1.807) is 0 Å². The number of fused-ring (bicyclic) bond motifs is 1. The van der Waals surface area contributed by atoms with Gasteiger partial charge in [0.05, 0.1) is 17.4 Å². The first-order chi connectivity index (χ1) is 10.6. The molecule has 4 heteroatoms. The topological polar surface area (TPSA) is 46.6 Å². The standard InChI is InChI=1S/C18H22N4/c1-21(2)13-15(19)18-16(12-14-8-4-3-5-9-14)20-17-10-6-7-11-22(17)18/h3-11,15H,12-13,19H2,1-2H3. The first kappa shape index (κ1) is 14.8. The first-order valence-corrected chi connectivity index (χ1v) is 7.55. The van der Waals surface area contributed by atoms with E-state index in [0.717, 1.165) is 30.0 Å². The van der Waals surface area contributed by atoms with Crippen LogP contribution in [0.2, 0.25) is 0 Å². The summed E-state index contributed by atoms with van der Waals surface area (Å²) in [5.74, 6) is 0. The molecule has 0 aliphatic rings. The van der Waals surface area contributed by atoms with E-state index >= 15 is 0 Å². The number of benzene rings is 1. The zero-order valence-corrected chi connectivity index (χ0v) is 13.1. The van der Waals surface area contributed by atoms with E-state index in [2.05, 4.69) is 33.6 Å². The molecular formula is C18H22N4. The van der Waals surface area contributed by atoms with Gasteiger partial charge in [0.1, 0.15) is 5.65 Å². The molecule has 2 heterocycles. The van der Waals surface area contributed by atoms with Crippen molar-refractivity contribution in [3.8, 4) is 0 Å². The predicted molar refractivity (Wildman–Crippen MR) is 89.9 cm³/mol. The van der Waals surface area contributed by atoms with Gasteiger partial charge in [0.2, 0.25) is 0 Å². The molecule has 1 aromatic carbocycles. The zero-order chi connectivity index (χ0) is 15.5. The lowest BCUT2D eigenvalue weighted by Crippen LogP contribution is -2.27. The molecule has 0 spiro atoms. The van der Waals surface area contributed by atoms with Gasteiger partial charge in [-0.2, -0.15) is 0 Å². The molecule has 0 bridgehead atoms. The van der Waals surface area contributed by atoms with Crippen molar-refractivity contribution in [1.82, 2.24) is 14.3 Å². The van der Waals surface area contributed by atoms with Crippen molar-refractivity contribution in [2.45, 2.75) is 12.5 Å². The Bertz CT molecular complexity index is 746. The van der Waals surface area contributed by atoms with Crippen LogP contribution in [-0.2, 0) is 6.42 Å². The van der Waals surface area contributed by atoms with Gasteiger partial charge >= 0.3 is 0 Å². The van der Waals surface area contributed by atoms with Crippen molar-refractivity contribution in [3.05, 3.63) is 71.7 Å². The summed E-state index contributed by atoms with van der Waals surface area (Å²) in [6.45, 7) is 0.796. The van der Waals surface area contributed by atoms with E-state index in [-0.39, 0.29) is 6.04 Å². The van der Waals surface area contributed by atoms with Crippen molar-refractivity contribution >= 4 is 5.65 Å². The summed E-state index contributed by atoms with van der Waals surface area (Å²) in [6, 6.07) is 16.4. The SMILES string of the molecule is CN(C)CC(N)c1c(Cc2ccccc2)nc2ccccn12. The molecule has 3 aromatic rings. The highest BCUT2D eigenvalue weighted by Crippen LogP contribution is 2.22. The molecule has 0 aliphatic heterocycles. The molecule has 0 fully saturated rings. The summed E-state index contributed by atoms with van der Waals surface area (Å²) in [6.07, 6.45) is 2.85. The molecule has 1 atom stereocenters. The molecule has 22 heavy (non-hydrogen) atoms. The van der Waals surface area contributed by atoms with Crippen LogP contribution in [0.15, 0.2) is 54.7 Å². The maximum Gasteiger partial charge on any atom is 0.137 e. The van der Waals surface area contributed by atoms with Gasteiger partial charge in [-0.25, -0.2) is 4.98 Å². The van der Waals surface area contributed by atoms with Crippen molar-refractivity contribution in [1.29, 1.82) is 0 Å². The highest BCUT2D eigenvalue weighted by atomic mass is 15.1. The van der Waals surface area contributed by atoms with Crippen molar-refractivity contribution in [2.24, 2.45) is 5.73 Å². The number of rotatable bonds is 5. The van der Waals surface area contributed by atoms with Crippen LogP contribution >= 0.6 is 0 Å². The highest BCUT2D eigenvalue weighted by molar-refractivity contribution is 5.45. The Kier molecular flexibility index (Phi) is 4.22. The van der Waals surface area contributed by atoms with Gasteiger partial charge in [-0.05, 0) is 31.8 Å². The van der Waals surface area contributed by atoms with Crippen molar-refractivity contribution in [3.63, 3.8) is 0 Å². The Labute approximate surface area is 131 Å². The van der Waals surface area contributed by atoms with Gasteiger partial charge in [-0.1, -0.05) is 36.4 Å². The minimum atomic E-state index is -0.0638. The summed E-state index contributed by atoms with van der Waals surface area (Å²) < 4.78 is 2.12. The fourth-order valence-electron chi connectivity index (χ4n) is 2.86. The third-order valence-electron chi connectivity index (χ3n) is 3.77. The Hall–Kier alpha value is -2.17. The van der Waals surface area contributed by atoms with E-state index in [1.807, 2.05) is 44.6 Å². The quantitative estimate of drug-likeness (QED) is 0.786. The molecule has 0 saturated heterocycles. The molecule has 4 nitrogen and oxygen atoms in total. The van der Waals surface area contributed by atoms with E-state index in [4.69, 9.17) is 10.7 Å². The third-order valence-corrected chi connectivity index (χ3v) is 3.77.